The van der Waals surface area contributed by atoms with E-state index in [9.17, 15) is 0 Å². The van der Waals surface area contributed by atoms with Gasteiger partial charge in [-0.05, 0) is 46.1 Å². The predicted molar refractivity (Wildman–Crippen MR) is 90.2 cm³/mol. The van der Waals surface area contributed by atoms with Gasteiger partial charge < -0.3 is 5.73 Å². The van der Waals surface area contributed by atoms with Gasteiger partial charge in [0.2, 0.25) is 0 Å². The van der Waals surface area contributed by atoms with Crippen LogP contribution in [0.3, 0.4) is 0 Å². The van der Waals surface area contributed by atoms with Crippen molar-refractivity contribution >= 4 is 15.9 Å². The monoisotopic (exact) mass is 347 g/mol. The maximum absolute atomic E-state index is 6.42. The van der Waals surface area contributed by atoms with Crippen LogP contribution in [0, 0.1) is 0 Å². The Hall–Kier alpha value is -1.13. The van der Waals surface area contributed by atoms with Crippen LogP contribution in [-0.4, -0.2) is 9.78 Å². The van der Waals surface area contributed by atoms with Crippen molar-refractivity contribution in [3.8, 4) is 11.3 Å². The molecule has 0 bridgehead atoms. The summed E-state index contributed by atoms with van der Waals surface area (Å²) in [6.45, 7) is 6.60. The van der Waals surface area contributed by atoms with Gasteiger partial charge in [0, 0.05) is 27.3 Å². The number of halogens is 1. The highest BCUT2D eigenvalue weighted by Crippen LogP contribution is 2.40. The van der Waals surface area contributed by atoms with E-state index in [0.717, 1.165) is 35.0 Å². The maximum Gasteiger partial charge on any atom is 0.0985 e. The molecule has 2 aromatic rings. The summed E-state index contributed by atoms with van der Waals surface area (Å²) < 4.78 is 3.25. The number of nitrogens with zero attached hydrogens (tertiary/aromatic N) is 2. The highest BCUT2D eigenvalue weighted by Gasteiger charge is 2.31. The fraction of sp³-hybridized carbons (Fsp3) is 0.471. The van der Waals surface area contributed by atoms with Gasteiger partial charge in [-0.3, -0.25) is 4.68 Å². The molecule has 1 aromatic heterocycles. The lowest BCUT2D eigenvalue weighted by Crippen LogP contribution is -2.27. The third kappa shape index (κ3) is 2.55. The van der Waals surface area contributed by atoms with Crippen LogP contribution in [0.5, 0.6) is 0 Å². The lowest BCUT2D eigenvalue weighted by molar-refractivity contribution is 0.338. The Morgan fingerprint density at radius 1 is 1.29 bits per heavy atom. The third-order valence-electron chi connectivity index (χ3n) is 4.09. The molecule has 1 aliphatic rings. The summed E-state index contributed by atoms with van der Waals surface area (Å²) in [6, 6.07) is 8.34. The number of benzene rings is 1. The number of rotatable bonds is 1. The average Bonchev–Trinajstić information content (AvgIpc) is 2.80. The molecule has 0 saturated heterocycles. The summed E-state index contributed by atoms with van der Waals surface area (Å²) in [5.41, 5.74) is 11.1. The van der Waals surface area contributed by atoms with Gasteiger partial charge in [0.05, 0.1) is 11.2 Å². The van der Waals surface area contributed by atoms with Gasteiger partial charge in [-0.1, -0.05) is 34.1 Å². The zero-order chi connectivity index (χ0) is 15.2. The first-order chi connectivity index (χ1) is 9.89. The van der Waals surface area contributed by atoms with Crippen molar-refractivity contribution in [2.75, 3.05) is 0 Å². The Balaban J connectivity index is 2.27. The average molecular weight is 348 g/mol. The Kier molecular flexibility index (Phi) is 3.70. The summed E-state index contributed by atoms with van der Waals surface area (Å²) in [5, 5.41) is 4.95. The first kappa shape index (κ1) is 14.8. The van der Waals surface area contributed by atoms with E-state index in [1.165, 1.54) is 11.3 Å². The summed E-state index contributed by atoms with van der Waals surface area (Å²) in [7, 11) is 0. The van der Waals surface area contributed by atoms with Crippen molar-refractivity contribution in [2.45, 2.75) is 51.6 Å². The van der Waals surface area contributed by atoms with E-state index in [-0.39, 0.29) is 11.6 Å². The van der Waals surface area contributed by atoms with Crippen LogP contribution in [-0.2, 0) is 12.0 Å². The van der Waals surface area contributed by atoms with Crippen LogP contribution in [0.4, 0.5) is 0 Å². The molecule has 21 heavy (non-hydrogen) atoms. The molecule has 0 radical (unpaired) electrons. The first-order valence-electron chi connectivity index (χ1n) is 7.52. The molecule has 0 amide bonds. The van der Waals surface area contributed by atoms with Gasteiger partial charge in [-0.15, -0.1) is 0 Å². The minimum atomic E-state index is -0.0271. The molecule has 0 saturated carbocycles. The molecule has 0 fully saturated rings. The number of hydrogen-bond acceptors (Lipinski definition) is 2. The van der Waals surface area contributed by atoms with E-state index in [1.807, 2.05) is 6.07 Å². The fourth-order valence-corrected chi connectivity index (χ4v) is 3.61. The molecule has 0 aliphatic heterocycles. The maximum atomic E-state index is 6.42. The SMILES string of the molecule is CC(C)(C)n1nc(-c2ccccc2Br)c2c1CCCC2N. The molecule has 1 aromatic carbocycles. The van der Waals surface area contributed by atoms with Gasteiger partial charge >= 0.3 is 0 Å². The molecule has 0 spiro atoms. The number of nitrogens with two attached hydrogens (primary N) is 1. The van der Waals surface area contributed by atoms with Crippen LogP contribution >= 0.6 is 15.9 Å². The highest BCUT2D eigenvalue weighted by molar-refractivity contribution is 9.10. The topological polar surface area (TPSA) is 43.8 Å². The molecule has 3 nitrogen and oxygen atoms in total. The highest BCUT2D eigenvalue weighted by atomic mass is 79.9. The lowest BCUT2D eigenvalue weighted by Gasteiger charge is -2.26. The van der Waals surface area contributed by atoms with E-state index in [2.05, 4.69) is 59.6 Å². The second-order valence-corrected chi connectivity index (χ2v) is 7.62. The first-order valence-corrected chi connectivity index (χ1v) is 8.31. The molecule has 1 unspecified atom stereocenters. The molecule has 4 heteroatoms. The minimum Gasteiger partial charge on any atom is -0.324 e. The smallest absolute Gasteiger partial charge is 0.0985 e. The predicted octanol–water partition coefficient (Wildman–Crippen LogP) is 4.40. The van der Waals surface area contributed by atoms with E-state index in [0.29, 0.717) is 0 Å². The van der Waals surface area contributed by atoms with Crippen LogP contribution in [0.25, 0.3) is 11.3 Å². The van der Waals surface area contributed by atoms with Gasteiger partial charge in [0.15, 0.2) is 0 Å². The Morgan fingerprint density at radius 3 is 2.67 bits per heavy atom. The minimum absolute atomic E-state index is 0.0271. The lowest BCUT2D eigenvalue weighted by atomic mass is 9.89. The largest absolute Gasteiger partial charge is 0.324 e. The van der Waals surface area contributed by atoms with E-state index in [4.69, 9.17) is 10.8 Å². The number of aromatic nitrogens is 2. The molecular formula is C17H22BrN3. The van der Waals surface area contributed by atoms with Crippen LogP contribution in [0.2, 0.25) is 0 Å². The van der Waals surface area contributed by atoms with Crippen molar-refractivity contribution in [1.82, 2.24) is 9.78 Å². The van der Waals surface area contributed by atoms with Crippen molar-refractivity contribution in [1.29, 1.82) is 0 Å². The fourth-order valence-electron chi connectivity index (χ4n) is 3.14. The Morgan fingerprint density at radius 2 is 2.00 bits per heavy atom. The number of fused-ring (bicyclic) bond motifs is 1. The third-order valence-corrected chi connectivity index (χ3v) is 4.78. The standard InChI is InChI=1S/C17H22BrN3/c1-17(2,3)21-14-10-6-9-13(19)15(14)16(20-21)11-7-4-5-8-12(11)18/h4-5,7-8,13H,6,9-10,19H2,1-3H3. The zero-order valence-corrected chi connectivity index (χ0v) is 14.4. The Labute approximate surface area is 134 Å². The van der Waals surface area contributed by atoms with Crippen molar-refractivity contribution in [3.63, 3.8) is 0 Å². The summed E-state index contributed by atoms with van der Waals surface area (Å²) in [6.07, 6.45) is 3.25. The van der Waals surface area contributed by atoms with Crippen molar-refractivity contribution in [2.24, 2.45) is 5.73 Å². The second kappa shape index (κ2) is 5.25. The molecule has 3 rings (SSSR count). The summed E-state index contributed by atoms with van der Waals surface area (Å²) in [4.78, 5) is 0. The zero-order valence-electron chi connectivity index (χ0n) is 12.9. The van der Waals surface area contributed by atoms with Crippen LogP contribution in [0.1, 0.15) is 50.9 Å². The molecule has 2 N–H and O–H groups in total. The summed E-state index contributed by atoms with van der Waals surface area (Å²) >= 11 is 3.65. The molecule has 112 valence electrons. The quantitative estimate of drug-likeness (QED) is 0.830. The second-order valence-electron chi connectivity index (χ2n) is 6.77. The summed E-state index contributed by atoms with van der Waals surface area (Å²) in [5.74, 6) is 0. The molecule has 1 atom stereocenters. The number of hydrogen-bond donors (Lipinski definition) is 1. The van der Waals surface area contributed by atoms with Crippen molar-refractivity contribution < 1.29 is 0 Å². The van der Waals surface area contributed by atoms with E-state index < -0.39 is 0 Å². The van der Waals surface area contributed by atoms with Crippen LogP contribution in [0.15, 0.2) is 28.7 Å². The van der Waals surface area contributed by atoms with Crippen molar-refractivity contribution in [3.05, 3.63) is 40.0 Å². The normalized spacial score (nSPS) is 18.6. The molecular weight excluding hydrogens is 326 g/mol. The van der Waals surface area contributed by atoms with Gasteiger partial charge in [-0.2, -0.15) is 5.10 Å². The van der Waals surface area contributed by atoms with Gasteiger partial charge in [0.25, 0.3) is 0 Å². The molecule has 1 aliphatic carbocycles. The van der Waals surface area contributed by atoms with Gasteiger partial charge in [-0.25, -0.2) is 0 Å². The van der Waals surface area contributed by atoms with E-state index >= 15 is 0 Å². The Bertz CT molecular complexity index is 667. The van der Waals surface area contributed by atoms with E-state index in [1.54, 1.807) is 0 Å². The van der Waals surface area contributed by atoms with Gasteiger partial charge in [0.1, 0.15) is 0 Å². The molecule has 1 heterocycles. The van der Waals surface area contributed by atoms with Crippen LogP contribution < -0.4 is 5.73 Å².